The first-order valence-electron chi connectivity index (χ1n) is 5.24. The van der Waals surface area contributed by atoms with Crippen molar-refractivity contribution in [1.29, 1.82) is 0 Å². The average Bonchev–Trinajstić information content (AvgIpc) is 2.35. The highest BCUT2D eigenvalue weighted by molar-refractivity contribution is 5.71. The fraction of sp³-hybridized carbons (Fsp3) is 0.417. The van der Waals surface area contributed by atoms with Crippen LogP contribution in [0, 0.1) is 0 Å². The van der Waals surface area contributed by atoms with Crippen LogP contribution < -0.4 is 9.47 Å². The number of carboxylic acids is 1. The summed E-state index contributed by atoms with van der Waals surface area (Å²) in [6.45, 7) is 2.03. The Morgan fingerprint density at radius 3 is 2.35 bits per heavy atom. The quantitative estimate of drug-likeness (QED) is 0.733. The normalized spacial score (nSPS) is 11.9. The Kier molecular flexibility index (Phi) is 5.29. The molecule has 0 spiro atoms. The number of aliphatic carboxylic acids is 1. The first-order valence-corrected chi connectivity index (χ1v) is 5.24. The second-order valence-electron chi connectivity index (χ2n) is 3.38. The van der Waals surface area contributed by atoms with Crippen LogP contribution in [0.3, 0.4) is 0 Å². The van der Waals surface area contributed by atoms with Crippen molar-refractivity contribution >= 4 is 5.97 Å². The Morgan fingerprint density at radius 2 is 1.82 bits per heavy atom. The molecule has 17 heavy (non-hydrogen) atoms. The van der Waals surface area contributed by atoms with E-state index in [1.165, 1.54) is 6.92 Å². The smallest absolute Gasteiger partial charge is 0.332 e. The molecule has 1 aromatic carbocycles. The molecule has 0 fully saturated rings. The third-order valence-corrected chi connectivity index (χ3v) is 2.13. The highest BCUT2D eigenvalue weighted by atomic mass is 16.5. The van der Waals surface area contributed by atoms with Crippen molar-refractivity contribution in [1.82, 2.24) is 0 Å². The van der Waals surface area contributed by atoms with E-state index >= 15 is 0 Å². The van der Waals surface area contributed by atoms with Gasteiger partial charge in [0.2, 0.25) is 0 Å². The molecule has 0 aliphatic carbocycles. The summed E-state index contributed by atoms with van der Waals surface area (Å²) < 4.78 is 15.4. The Morgan fingerprint density at radius 1 is 1.24 bits per heavy atom. The van der Waals surface area contributed by atoms with Gasteiger partial charge >= 0.3 is 5.97 Å². The Hall–Kier alpha value is -1.75. The standard InChI is InChI=1S/C12H16O5/c1-9(12(13)14)16-7-8-17-11-5-3-10(15-2)4-6-11/h3-6,9H,7-8H2,1-2H3,(H,13,14)/t9-/m1/s1. The van der Waals surface area contributed by atoms with Crippen molar-refractivity contribution in [2.24, 2.45) is 0 Å². The number of hydrogen-bond acceptors (Lipinski definition) is 4. The summed E-state index contributed by atoms with van der Waals surface area (Å²) in [7, 11) is 1.59. The lowest BCUT2D eigenvalue weighted by Gasteiger charge is -2.10. The van der Waals surface area contributed by atoms with Crippen molar-refractivity contribution in [2.75, 3.05) is 20.3 Å². The molecule has 0 aliphatic heterocycles. The molecule has 1 rings (SSSR count). The van der Waals surface area contributed by atoms with Gasteiger partial charge in [-0.05, 0) is 31.2 Å². The number of carbonyl (C=O) groups is 1. The first kappa shape index (κ1) is 13.3. The predicted octanol–water partition coefficient (Wildman–Crippen LogP) is 1.56. The molecule has 0 bridgehead atoms. The van der Waals surface area contributed by atoms with E-state index in [9.17, 15) is 4.79 Å². The second-order valence-corrected chi connectivity index (χ2v) is 3.38. The molecule has 0 amide bonds. The van der Waals surface area contributed by atoms with E-state index in [-0.39, 0.29) is 6.61 Å². The van der Waals surface area contributed by atoms with Gasteiger partial charge in [0.05, 0.1) is 13.7 Å². The summed E-state index contributed by atoms with van der Waals surface area (Å²) >= 11 is 0. The minimum Gasteiger partial charge on any atom is -0.497 e. The van der Waals surface area contributed by atoms with E-state index in [1.54, 1.807) is 31.4 Å². The molecule has 0 unspecified atom stereocenters. The van der Waals surface area contributed by atoms with E-state index in [4.69, 9.17) is 19.3 Å². The zero-order chi connectivity index (χ0) is 12.7. The SMILES string of the molecule is COc1ccc(OCCO[C@H](C)C(=O)O)cc1. The molecule has 0 aromatic heterocycles. The summed E-state index contributed by atoms with van der Waals surface area (Å²) in [4.78, 5) is 10.5. The van der Waals surface area contributed by atoms with Crippen molar-refractivity contribution < 1.29 is 24.1 Å². The molecule has 5 nitrogen and oxygen atoms in total. The molecule has 1 aromatic rings. The van der Waals surface area contributed by atoms with Crippen LogP contribution in [0.25, 0.3) is 0 Å². The van der Waals surface area contributed by atoms with Gasteiger partial charge in [0, 0.05) is 0 Å². The maximum atomic E-state index is 10.5. The van der Waals surface area contributed by atoms with Crippen LogP contribution in [-0.2, 0) is 9.53 Å². The predicted molar refractivity (Wildman–Crippen MR) is 61.5 cm³/mol. The van der Waals surface area contributed by atoms with Gasteiger partial charge in [0.25, 0.3) is 0 Å². The van der Waals surface area contributed by atoms with Crippen LogP contribution in [0.1, 0.15) is 6.92 Å². The Balaban J connectivity index is 2.24. The van der Waals surface area contributed by atoms with Crippen LogP contribution in [0.5, 0.6) is 11.5 Å². The van der Waals surface area contributed by atoms with Crippen molar-refractivity contribution in [3.8, 4) is 11.5 Å². The molecule has 5 heteroatoms. The maximum absolute atomic E-state index is 10.5. The molecule has 0 saturated heterocycles. The Bertz CT molecular complexity index is 346. The van der Waals surface area contributed by atoms with Crippen LogP contribution >= 0.6 is 0 Å². The van der Waals surface area contributed by atoms with Crippen molar-refractivity contribution in [3.63, 3.8) is 0 Å². The number of methoxy groups -OCH3 is 1. The fourth-order valence-corrected chi connectivity index (χ4v) is 1.13. The summed E-state index contributed by atoms with van der Waals surface area (Å²) in [5, 5.41) is 8.58. The zero-order valence-corrected chi connectivity index (χ0v) is 9.88. The van der Waals surface area contributed by atoms with Gasteiger partial charge in [-0.1, -0.05) is 0 Å². The van der Waals surface area contributed by atoms with E-state index < -0.39 is 12.1 Å². The lowest BCUT2D eigenvalue weighted by Crippen LogP contribution is -2.22. The molecule has 1 N–H and O–H groups in total. The Labute approximate surface area is 99.9 Å². The van der Waals surface area contributed by atoms with Crippen LogP contribution in [0.2, 0.25) is 0 Å². The number of benzene rings is 1. The van der Waals surface area contributed by atoms with Gasteiger partial charge in [-0.3, -0.25) is 0 Å². The highest BCUT2D eigenvalue weighted by Gasteiger charge is 2.10. The van der Waals surface area contributed by atoms with Gasteiger partial charge in [0.1, 0.15) is 18.1 Å². The minimum absolute atomic E-state index is 0.236. The van der Waals surface area contributed by atoms with Gasteiger partial charge in [-0.15, -0.1) is 0 Å². The summed E-state index contributed by atoms with van der Waals surface area (Å²) in [6, 6.07) is 7.13. The van der Waals surface area contributed by atoms with Crippen LogP contribution in [0.4, 0.5) is 0 Å². The molecule has 1 atom stereocenters. The van der Waals surface area contributed by atoms with Gasteiger partial charge in [-0.2, -0.15) is 0 Å². The first-order chi connectivity index (χ1) is 8.13. The lowest BCUT2D eigenvalue weighted by molar-refractivity contribution is -0.149. The number of rotatable bonds is 7. The largest absolute Gasteiger partial charge is 0.497 e. The fourth-order valence-electron chi connectivity index (χ4n) is 1.13. The van der Waals surface area contributed by atoms with Gasteiger partial charge in [0.15, 0.2) is 6.10 Å². The molecule has 0 saturated carbocycles. The third-order valence-electron chi connectivity index (χ3n) is 2.13. The molecule has 0 radical (unpaired) electrons. The van der Waals surface area contributed by atoms with E-state index in [2.05, 4.69) is 0 Å². The third kappa shape index (κ3) is 4.74. The molecular weight excluding hydrogens is 224 g/mol. The summed E-state index contributed by atoms with van der Waals surface area (Å²) in [6.07, 6.45) is -0.811. The lowest BCUT2D eigenvalue weighted by atomic mass is 10.3. The van der Waals surface area contributed by atoms with Gasteiger partial charge < -0.3 is 19.3 Å². The molecule has 0 heterocycles. The number of hydrogen-bond donors (Lipinski definition) is 1. The molecule has 94 valence electrons. The summed E-state index contributed by atoms with van der Waals surface area (Å²) in [5.74, 6) is 0.472. The zero-order valence-electron chi connectivity index (χ0n) is 9.88. The maximum Gasteiger partial charge on any atom is 0.332 e. The topological polar surface area (TPSA) is 65.0 Å². The number of ether oxygens (including phenoxy) is 3. The second kappa shape index (κ2) is 6.75. The van der Waals surface area contributed by atoms with E-state index in [1.807, 2.05) is 0 Å². The van der Waals surface area contributed by atoms with Gasteiger partial charge in [-0.25, -0.2) is 4.79 Å². The minimum atomic E-state index is -0.977. The summed E-state index contributed by atoms with van der Waals surface area (Å²) in [5.41, 5.74) is 0. The van der Waals surface area contributed by atoms with E-state index in [0.717, 1.165) is 5.75 Å². The van der Waals surface area contributed by atoms with Crippen LogP contribution in [-0.4, -0.2) is 37.5 Å². The monoisotopic (exact) mass is 240 g/mol. The van der Waals surface area contributed by atoms with Crippen molar-refractivity contribution in [3.05, 3.63) is 24.3 Å². The number of carboxylic acid groups (broad SMARTS) is 1. The van der Waals surface area contributed by atoms with E-state index in [0.29, 0.717) is 12.4 Å². The van der Waals surface area contributed by atoms with Crippen LogP contribution in [0.15, 0.2) is 24.3 Å². The van der Waals surface area contributed by atoms with Crippen molar-refractivity contribution in [2.45, 2.75) is 13.0 Å². The highest BCUT2D eigenvalue weighted by Crippen LogP contribution is 2.16. The average molecular weight is 240 g/mol. The molecular formula is C12H16O5. The molecule has 0 aliphatic rings.